The van der Waals surface area contributed by atoms with Gasteiger partial charge < -0.3 is 9.47 Å². The summed E-state index contributed by atoms with van der Waals surface area (Å²) in [6.45, 7) is 5.64. The Labute approximate surface area is 129 Å². The molecule has 2 rings (SSSR count). The van der Waals surface area contributed by atoms with E-state index in [2.05, 4.69) is 16.3 Å². The minimum Gasteiger partial charge on any atom is -0.490 e. The fraction of sp³-hybridized carbons (Fsp3) is 0.235. The Kier molecular flexibility index (Phi) is 4.88. The van der Waals surface area contributed by atoms with Crippen LogP contribution in [0, 0.1) is 5.92 Å². The van der Waals surface area contributed by atoms with Gasteiger partial charge in [0.15, 0.2) is 5.92 Å². The lowest BCUT2D eigenvalue weighted by Crippen LogP contribution is -2.27. The number of allylic oxidation sites excluding steroid dienone is 1. The molecule has 0 bridgehead atoms. The van der Waals surface area contributed by atoms with Gasteiger partial charge in [-0.2, -0.15) is 0 Å². The Hall–Kier alpha value is -2.69. The van der Waals surface area contributed by atoms with Gasteiger partial charge >= 0.3 is 5.97 Å². The van der Waals surface area contributed by atoms with Gasteiger partial charge in [-0.25, -0.2) is 0 Å². The van der Waals surface area contributed by atoms with Crippen LogP contribution in [-0.4, -0.2) is 31.2 Å². The number of rotatable bonds is 5. The molecule has 1 heterocycles. The second-order valence-corrected chi connectivity index (χ2v) is 4.78. The van der Waals surface area contributed by atoms with Crippen LogP contribution in [0.1, 0.15) is 12.5 Å². The number of aliphatic imine (C=N–C) groups is 1. The SMILES string of the molecule is C=CCOc1cccc(/C=C2/N=C(C)C(C(=O)OC)C2=O)c1. The number of hydrogen-bond acceptors (Lipinski definition) is 5. The van der Waals surface area contributed by atoms with Crippen molar-refractivity contribution in [3.05, 3.63) is 48.2 Å². The van der Waals surface area contributed by atoms with E-state index in [0.717, 1.165) is 5.56 Å². The fourth-order valence-electron chi connectivity index (χ4n) is 2.15. The van der Waals surface area contributed by atoms with E-state index in [1.165, 1.54) is 7.11 Å². The Balaban J connectivity index is 2.25. The summed E-state index contributed by atoms with van der Waals surface area (Å²) >= 11 is 0. The highest BCUT2D eigenvalue weighted by Crippen LogP contribution is 2.24. The molecule has 5 nitrogen and oxygen atoms in total. The number of esters is 1. The van der Waals surface area contributed by atoms with Crippen molar-refractivity contribution in [3.63, 3.8) is 0 Å². The lowest BCUT2D eigenvalue weighted by molar-refractivity contribution is -0.145. The summed E-state index contributed by atoms with van der Waals surface area (Å²) in [4.78, 5) is 28.1. The highest BCUT2D eigenvalue weighted by molar-refractivity contribution is 6.28. The molecule has 0 radical (unpaired) electrons. The van der Waals surface area contributed by atoms with Crippen LogP contribution in [0.4, 0.5) is 0 Å². The van der Waals surface area contributed by atoms with Gasteiger partial charge in [0, 0.05) is 5.71 Å². The molecule has 0 saturated carbocycles. The number of nitrogens with zero attached hydrogens (tertiary/aromatic N) is 1. The maximum absolute atomic E-state index is 12.2. The number of Topliss-reactive ketones (excluding diaryl/α,β-unsaturated/α-hetero) is 1. The van der Waals surface area contributed by atoms with E-state index in [1.54, 1.807) is 25.1 Å². The topological polar surface area (TPSA) is 65.0 Å². The van der Waals surface area contributed by atoms with Crippen molar-refractivity contribution in [2.45, 2.75) is 6.92 Å². The van der Waals surface area contributed by atoms with Crippen LogP contribution in [-0.2, 0) is 14.3 Å². The molecule has 0 aromatic heterocycles. The van der Waals surface area contributed by atoms with Gasteiger partial charge in [-0.15, -0.1) is 0 Å². The number of carbonyl (C=O) groups is 2. The predicted molar refractivity (Wildman–Crippen MR) is 83.7 cm³/mol. The lowest BCUT2D eigenvalue weighted by atomic mass is 10.0. The summed E-state index contributed by atoms with van der Waals surface area (Å²) in [6.07, 6.45) is 3.29. The van der Waals surface area contributed by atoms with Crippen LogP contribution < -0.4 is 4.74 Å². The van der Waals surface area contributed by atoms with Crippen LogP contribution in [0.5, 0.6) is 5.75 Å². The Morgan fingerprint density at radius 2 is 2.23 bits per heavy atom. The van der Waals surface area contributed by atoms with Gasteiger partial charge in [0.2, 0.25) is 5.78 Å². The molecule has 22 heavy (non-hydrogen) atoms. The van der Waals surface area contributed by atoms with Gasteiger partial charge in [0.25, 0.3) is 0 Å². The average molecular weight is 299 g/mol. The highest BCUT2D eigenvalue weighted by Gasteiger charge is 2.37. The van der Waals surface area contributed by atoms with Crippen LogP contribution in [0.25, 0.3) is 6.08 Å². The van der Waals surface area contributed by atoms with Crippen molar-refractivity contribution < 1.29 is 19.1 Å². The molecule has 1 aromatic carbocycles. The third kappa shape index (κ3) is 3.31. The Morgan fingerprint density at radius 3 is 2.91 bits per heavy atom. The Bertz CT molecular complexity index is 673. The number of carbonyl (C=O) groups excluding carboxylic acids is 2. The quantitative estimate of drug-likeness (QED) is 0.362. The van der Waals surface area contributed by atoms with E-state index in [0.29, 0.717) is 18.1 Å². The molecule has 114 valence electrons. The van der Waals surface area contributed by atoms with Crippen molar-refractivity contribution in [1.29, 1.82) is 0 Å². The Morgan fingerprint density at radius 1 is 1.45 bits per heavy atom. The van der Waals surface area contributed by atoms with Crippen LogP contribution in [0.3, 0.4) is 0 Å². The third-order valence-corrected chi connectivity index (χ3v) is 3.20. The standard InChI is InChI=1S/C17H17NO4/c1-4-8-22-13-7-5-6-12(9-13)10-14-16(19)15(11(2)18-14)17(20)21-3/h4-7,9-10,15H,1,8H2,2-3H3/b14-10+. The molecule has 0 N–H and O–H groups in total. The maximum atomic E-state index is 12.2. The highest BCUT2D eigenvalue weighted by atomic mass is 16.5. The van der Waals surface area contributed by atoms with E-state index in [-0.39, 0.29) is 11.5 Å². The van der Waals surface area contributed by atoms with E-state index in [1.807, 2.05) is 18.2 Å². The summed E-state index contributed by atoms with van der Waals surface area (Å²) in [6, 6.07) is 7.25. The summed E-state index contributed by atoms with van der Waals surface area (Å²) < 4.78 is 10.1. The molecule has 0 spiro atoms. The smallest absolute Gasteiger partial charge is 0.322 e. The minimum atomic E-state index is -0.934. The van der Waals surface area contributed by atoms with Crippen molar-refractivity contribution >= 4 is 23.5 Å². The van der Waals surface area contributed by atoms with E-state index in [9.17, 15) is 9.59 Å². The second kappa shape index (κ2) is 6.85. The van der Waals surface area contributed by atoms with Gasteiger partial charge in [-0.3, -0.25) is 14.6 Å². The van der Waals surface area contributed by atoms with Gasteiger partial charge in [-0.05, 0) is 30.7 Å². The molecule has 1 atom stereocenters. The van der Waals surface area contributed by atoms with Crippen molar-refractivity contribution in [3.8, 4) is 5.75 Å². The number of hydrogen-bond donors (Lipinski definition) is 0. The number of benzene rings is 1. The first-order chi connectivity index (χ1) is 10.6. The van der Waals surface area contributed by atoms with Gasteiger partial charge in [-0.1, -0.05) is 24.8 Å². The summed E-state index contributed by atoms with van der Waals surface area (Å²) in [5.41, 5.74) is 1.46. The number of methoxy groups -OCH3 is 1. The minimum absolute atomic E-state index is 0.244. The first-order valence-electron chi connectivity index (χ1n) is 6.79. The zero-order valence-electron chi connectivity index (χ0n) is 12.5. The zero-order valence-corrected chi connectivity index (χ0v) is 12.5. The van der Waals surface area contributed by atoms with Crippen molar-refractivity contribution in [2.75, 3.05) is 13.7 Å². The van der Waals surface area contributed by atoms with Crippen LogP contribution in [0.15, 0.2) is 47.6 Å². The molecule has 0 saturated heterocycles. The third-order valence-electron chi connectivity index (χ3n) is 3.20. The van der Waals surface area contributed by atoms with Crippen LogP contribution >= 0.6 is 0 Å². The normalized spacial score (nSPS) is 19.0. The first-order valence-corrected chi connectivity index (χ1v) is 6.79. The molecule has 0 aliphatic carbocycles. The van der Waals surface area contributed by atoms with E-state index in [4.69, 9.17) is 4.74 Å². The molecular weight excluding hydrogens is 282 g/mol. The summed E-state index contributed by atoms with van der Waals surface area (Å²) in [5.74, 6) is -1.19. The lowest BCUT2D eigenvalue weighted by Gasteiger charge is -2.05. The largest absolute Gasteiger partial charge is 0.490 e. The van der Waals surface area contributed by atoms with Crippen molar-refractivity contribution in [1.82, 2.24) is 0 Å². The first kappa shape index (κ1) is 15.7. The molecule has 0 fully saturated rings. The average Bonchev–Trinajstić information content (AvgIpc) is 2.79. The van der Waals surface area contributed by atoms with Gasteiger partial charge in [0.1, 0.15) is 18.1 Å². The molecule has 0 amide bonds. The summed E-state index contributed by atoms with van der Waals surface area (Å²) in [5, 5.41) is 0. The van der Waals surface area contributed by atoms with E-state index >= 15 is 0 Å². The fourth-order valence-corrected chi connectivity index (χ4v) is 2.15. The number of ether oxygens (including phenoxy) is 2. The monoisotopic (exact) mass is 299 g/mol. The predicted octanol–water partition coefficient (Wildman–Crippen LogP) is 2.43. The molecule has 1 aromatic rings. The second-order valence-electron chi connectivity index (χ2n) is 4.78. The van der Waals surface area contributed by atoms with Gasteiger partial charge in [0.05, 0.1) is 7.11 Å². The molecular formula is C17H17NO4. The maximum Gasteiger partial charge on any atom is 0.322 e. The van der Waals surface area contributed by atoms with Crippen molar-refractivity contribution in [2.24, 2.45) is 10.9 Å². The molecule has 1 unspecified atom stereocenters. The number of ketones is 1. The molecule has 1 aliphatic rings. The molecule has 1 aliphatic heterocycles. The van der Waals surface area contributed by atoms with E-state index < -0.39 is 11.9 Å². The summed E-state index contributed by atoms with van der Waals surface area (Å²) in [7, 11) is 1.25. The van der Waals surface area contributed by atoms with Crippen LogP contribution in [0.2, 0.25) is 0 Å². The molecule has 5 heteroatoms. The zero-order chi connectivity index (χ0) is 16.1.